The van der Waals surface area contributed by atoms with Gasteiger partial charge in [0.1, 0.15) is 5.82 Å². The van der Waals surface area contributed by atoms with Crippen LogP contribution in [0.2, 0.25) is 0 Å². The van der Waals surface area contributed by atoms with Crippen LogP contribution in [0.3, 0.4) is 0 Å². The van der Waals surface area contributed by atoms with Gasteiger partial charge in [0.15, 0.2) is 17.4 Å². The van der Waals surface area contributed by atoms with E-state index in [1.807, 2.05) is 0 Å². The lowest BCUT2D eigenvalue weighted by atomic mass is 9.93. The number of halogens is 3. The van der Waals surface area contributed by atoms with Gasteiger partial charge in [0.2, 0.25) is 0 Å². The summed E-state index contributed by atoms with van der Waals surface area (Å²) in [5.41, 5.74) is 1.06. The number of likely N-dealkylation sites (tertiary alicyclic amines) is 1. The first-order valence-electron chi connectivity index (χ1n) is 8.99. The highest BCUT2D eigenvalue weighted by Crippen LogP contribution is 2.31. The molecule has 0 radical (unpaired) electrons. The summed E-state index contributed by atoms with van der Waals surface area (Å²) in [7, 11) is 0. The molecule has 1 amide bonds. The van der Waals surface area contributed by atoms with Gasteiger partial charge in [-0.25, -0.2) is 13.2 Å². The Hall–Kier alpha value is -3.09. The molecule has 144 valence electrons. The van der Waals surface area contributed by atoms with Crippen molar-refractivity contribution in [1.29, 1.82) is 0 Å². The zero-order valence-electron chi connectivity index (χ0n) is 14.9. The highest BCUT2D eigenvalue weighted by atomic mass is 19.2. The first kappa shape index (κ1) is 18.3. The number of aromatic nitrogens is 1. The van der Waals surface area contributed by atoms with Crippen LogP contribution in [0.25, 0.3) is 11.3 Å². The topological polar surface area (TPSA) is 46.3 Å². The Labute approximate surface area is 159 Å². The molecule has 1 fully saturated rings. The third-order valence-corrected chi connectivity index (χ3v) is 4.96. The van der Waals surface area contributed by atoms with Crippen molar-refractivity contribution in [3.8, 4) is 11.3 Å². The second-order valence-corrected chi connectivity index (χ2v) is 6.82. The summed E-state index contributed by atoms with van der Waals surface area (Å²) in [6.07, 6.45) is 1.54. The van der Waals surface area contributed by atoms with E-state index in [1.165, 1.54) is 18.2 Å². The maximum absolute atomic E-state index is 13.9. The Morgan fingerprint density at radius 1 is 1.04 bits per heavy atom. The molecule has 4 rings (SSSR count). The molecule has 1 aliphatic rings. The molecule has 2 aromatic carbocycles. The van der Waals surface area contributed by atoms with Crippen molar-refractivity contribution < 1.29 is 22.5 Å². The summed E-state index contributed by atoms with van der Waals surface area (Å²) in [5.74, 6) is -2.55. The molecule has 3 aromatic rings. The molecule has 1 atom stereocenters. The third kappa shape index (κ3) is 3.52. The van der Waals surface area contributed by atoms with Gasteiger partial charge in [0.25, 0.3) is 5.91 Å². The number of carbonyl (C=O) groups excluding carboxylic acids is 1. The van der Waals surface area contributed by atoms with Gasteiger partial charge in [-0.2, -0.15) is 0 Å². The number of benzene rings is 2. The SMILES string of the molecule is O=C(c1ccccc1F)N1CCCC(c2cc(-c3ccc(F)c(F)c3)on2)C1. The summed E-state index contributed by atoms with van der Waals surface area (Å²) >= 11 is 0. The van der Waals surface area contributed by atoms with Crippen LogP contribution in [-0.4, -0.2) is 29.1 Å². The van der Waals surface area contributed by atoms with E-state index in [0.717, 1.165) is 25.0 Å². The lowest BCUT2D eigenvalue weighted by Gasteiger charge is -2.31. The van der Waals surface area contributed by atoms with Gasteiger partial charge < -0.3 is 9.42 Å². The fourth-order valence-corrected chi connectivity index (χ4v) is 3.47. The normalized spacial score (nSPS) is 17.0. The van der Waals surface area contributed by atoms with E-state index in [4.69, 9.17) is 4.52 Å². The van der Waals surface area contributed by atoms with Crippen LogP contribution in [0.4, 0.5) is 13.2 Å². The summed E-state index contributed by atoms with van der Waals surface area (Å²) in [6.45, 7) is 0.925. The average molecular weight is 386 g/mol. The first-order chi connectivity index (χ1) is 13.5. The minimum atomic E-state index is -0.963. The molecule has 1 unspecified atom stereocenters. The van der Waals surface area contributed by atoms with Gasteiger partial charge in [-0.15, -0.1) is 0 Å². The van der Waals surface area contributed by atoms with E-state index in [2.05, 4.69) is 5.16 Å². The molecule has 1 aliphatic heterocycles. The predicted octanol–water partition coefficient (Wildman–Crippen LogP) is 4.78. The molecule has 4 nitrogen and oxygen atoms in total. The fourth-order valence-electron chi connectivity index (χ4n) is 3.47. The lowest BCUT2D eigenvalue weighted by molar-refractivity contribution is 0.0700. The van der Waals surface area contributed by atoms with E-state index < -0.39 is 17.5 Å². The van der Waals surface area contributed by atoms with Crippen molar-refractivity contribution in [2.75, 3.05) is 13.1 Å². The van der Waals surface area contributed by atoms with Crippen molar-refractivity contribution in [2.45, 2.75) is 18.8 Å². The van der Waals surface area contributed by atoms with Gasteiger partial charge in [-0.05, 0) is 43.2 Å². The van der Waals surface area contributed by atoms with Gasteiger partial charge >= 0.3 is 0 Å². The van der Waals surface area contributed by atoms with Crippen LogP contribution in [0.5, 0.6) is 0 Å². The smallest absolute Gasteiger partial charge is 0.256 e. The van der Waals surface area contributed by atoms with E-state index >= 15 is 0 Å². The van der Waals surface area contributed by atoms with Crippen LogP contribution in [0, 0.1) is 17.5 Å². The van der Waals surface area contributed by atoms with Crippen molar-refractivity contribution in [3.63, 3.8) is 0 Å². The minimum Gasteiger partial charge on any atom is -0.356 e. The van der Waals surface area contributed by atoms with Crippen molar-refractivity contribution in [1.82, 2.24) is 10.1 Å². The maximum atomic E-state index is 13.9. The van der Waals surface area contributed by atoms with Crippen LogP contribution in [0.15, 0.2) is 53.1 Å². The predicted molar refractivity (Wildman–Crippen MR) is 96.1 cm³/mol. The van der Waals surface area contributed by atoms with Gasteiger partial charge in [-0.1, -0.05) is 17.3 Å². The number of hydrogen-bond acceptors (Lipinski definition) is 3. The fraction of sp³-hybridized carbons (Fsp3) is 0.238. The minimum absolute atomic E-state index is 0.0470. The summed E-state index contributed by atoms with van der Waals surface area (Å²) in [5, 5.41) is 4.05. The lowest BCUT2D eigenvalue weighted by Crippen LogP contribution is -2.39. The van der Waals surface area contributed by atoms with Gasteiger partial charge in [0.05, 0.1) is 11.3 Å². The first-order valence-corrected chi connectivity index (χ1v) is 8.99. The molecule has 7 heteroatoms. The van der Waals surface area contributed by atoms with Gasteiger partial charge in [0, 0.05) is 30.6 Å². The Kier molecular flexibility index (Phi) is 4.90. The zero-order chi connectivity index (χ0) is 19.7. The summed E-state index contributed by atoms with van der Waals surface area (Å²) in [6, 6.07) is 11.1. The molecule has 0 aliphatic carbocycles. The molecule has 1 saturated heterocycles. The third-order valence-electron chi connectivity index (χ3n) is 4.96. The number of piperidine rings is 1. The van der Waals surface area contributed by atoms with Crippen molar-refractivity contribution in [2.24, 2.45) is 0 Å². The van der Waals surface area contributed by atoms with E-state index in [0.29, 0.717) is 30.1 Å². The molecule has 0 saturated carbocycles. The number of hydrogen-bond donors (Lipinski definition) is 0. The Balaban J connectivity index is 1.52. The van der Waals surface area contributed by atoms with E-state index in [9.17, 15) is 18.0 Å². The Morgan fingerprint density at radius 2 is 1.86 bits per heavy atom. The summed E-state index contributed by atoms with van der Waals surface area (Å²) < 4.78 is 45.8. The Bertz CT molecular complexity index is 1020. The van der Waals surface area contributed by atoms with Crippen LogP contribution < -0.4 is 0 Å². The second kappa shape index (κ2) is 7.50. The van der Waals surface area contributed by atoms with Crippen LogP contribution >= 0.6 is 0 Å². The van der Waals surface area contributed by atoms with Crippen LogP contribution in [0.1, 0.15) is 34.8 Å². The van der Waals surface area contributed by atoms with Crippen molar-refractivity contribution in [3.05, 3.63) is 77.2 Å². The van der Waals surface area contributed by atoms with E-state index in [1.54, 1.807) is 23.1 Å². The zero-order valence-corrected chi connectivity index (χ0v) is 14.9. The molecule has 2 heterocycles. The average Bonchev–Trinajstić information content (AvgIpc) is 3.20. The van der Waals surface area contributed by atoms with Crippen LogP contribution in [-0.2, 0) is 0 Å². The summed E-state index contributed by atoms with van der Waals surface area (Å²) in [4.78, 5) is 14.3. The van der Waals surface area contributed by atoms with Gasteiger partial charge in [-0.3, -0.25) is 4.79 Å². The highest BCUT2D eigenvalue weighted by molar-refractivity contribution is 5.94. The maximum Gasteiger partial charge on any atom is 0.256 e. The molecule has 0 spiro atoms. The highest BCUT2D eigenvalue weighted by Gasteiger charge is 2.28. The standard InChI is InChI=1S/C21H17F3N2O2/c22-16-6-2-1-5-15(16)21(27)26-9-3-4-14(12-26)19-11-20(28-25-19)13-7-8-17(23)18(24)10-13/h1-2,5-8,10-11,14H,3-4,9,12H2. The van der Waals surface area contributed by atoms with Crippen molar-refractivity contribution >= 4 is 5.91 Å². The molecule has 28 heavy (non-hydrogen) atoms. The number of nitrogens with zero attached hydrogens (tertiary/aromatic N) is 2. The Morgan fingerprint density at radius 3 is 2.64 bits per heavy atom. The molecular formula is C21H17F3N2O2. The monoisotopic (exact) mass is 386 g/mol. The van der Waals surface area contributed by atoms with E-state index in [-0.39, 0.29) is 17.4 Å². The number of carbonyl (C=O) groups is 1. The molecule has 1 aromatic heterocycles. The number of amides is 1. The molecule has 0 bridgehead atoms. The molecular weight excluding hydrogens is 369 g/mol. The number of rotatable bonds is 3. The quantitative estimate of drug-likeness (QED) is 0.651. The second-order valence-electron chi connectivity index (χ2n) is 6.82. The molecule has 0 N–H and O–H groups in total. The largest absolute Gasteiger partial charge is 0.356 e.